The standard InChI is InChI=1S/C25H29ClN2O2/c26-19-14-12-18(13-15-19)16-17-28-23(21-10-6-7-11-22(21)25(28)30)24(29)27-20-8-4-2-1-3-5-9-20/h6-7,10-15,20,23H,1-5,8-9,16-17H2,(H,27,29)/t23-/m0/s1. The van der Waals surface area contributed by atoms with Crippen molar-refractivity contribution in [2.24, 2.45) is 0 Å². The molecule has 1 saturated carbocycles. The molecule has 0 saturated heterocycles. The van der Waals surface area contributed by atoms with Gasteiger partial charge in [0.15, 0.2) is 0 Å². The zero-order chi connectivity index (χ0) is 20.9. The third kappa shape index (κ3) is 4.70. The van der Waals surface area contributed by atoms with Gasteiger partial charge in [-0.25, -0.2) is 0 Å². The van der Waals surface area contributed by atoms with Gasteiger partial charge in [-0.3, -0.25) is 9.59 Å². The zero-order valence-corrected chi connectivity index (χ0v) is 18.0. The predicted octanol–water partition coefficient (Wildman–Crippen LogP) is 5.31. The van der Waals surface area contributed by atoms with Gasteiger partial charge < -0.3 is 10.2 Å². The number of benzene rings is 2. The Morgan fingerprint density at radius 1 is 0.967 bits per heavy atom. The SMILES string of the molecule is O=C(NC1CCCCCCC1)[C@@H]1c2ccccc2C(=O)N1CCc1ccc(Cl)cc1. The Bertz CT molecular complexity index is 888. The van der Waals surface area contributed by atoms with Gasteiger partial charge in [0.25, 0.3) is 5.91 Å². The van der Waals surface area contributed by atoms with Crippen LogP contribution in [0.25, 0.3) is 0 Å². The molecule has 2 aliphatic rings. The van der Waals surface area contributed by atoms with Gasteiger partial charge in [-0.1, -0.05) is 74.0 Å². The molecule has 2 amide bonds. The van der Waals surface area contributed by atoms with Crippen LogP contribution in [0, 0.1) is 0 Å². The largest absolute Gasteiger partial charge is 0.351 e. The molecule has 30 heavy (non-hydrogen) atoms. The molecule has 0 bridgehead atoms. The second-order valence-electron chi connectivity index (χ2n) is 8.42. The van der Waals surface area contributed by atoms with Gasteiger partial charge in [0, 0.05) is 23.2 Å². The number of hydrogen-bond donors (Lipinski definition) is 1. The molecule has 0 unspecified atom stereocenters. The van der Waals surface area contributed by atoms with Gasteiger partial charge in [-0.2, -0.15) is 0 Å². The van der Waals surface area contributed by atoms with E-state index in [0.29, 0.717) is 23.6 Å². The average Bonchev–Trinajstić information content (AvgIpc) is 3.01. The maximum atomic E-state index is 13.4. The van der Waals surface area contributed by atoms with Crippen LogP contribution in [0.3, 0.4) is 0 Å². The van der Waals surface area contributed by atoms with Crippen LogP contribution in [0.1, 0.15) is 72.5 Å². The summed E-state index contributed by atoms with van der Waals surface area (Å²) in [6, 6.07) is 14.8. The summed E-state index contributed by atoms with van der Waals surface area (Å²) in [5.74, 6) is -0.104. The van der Waals surface area contributed by atoms with Crippen LogP contribution in [-0.4, -0.2) is 29.3 Å². The summed E-state index contributed by atoms with van der Waals surface area (Å²) in [6.45, 7) is 0.498. The summed E-state index contributed by atoms with van der Waals surface area (Å²) < 4.78 is 0. The Kier molecular flexibility index (Phi) is 6.73. The highest BCUT2D eigenvalue weighted by atomic mass is 35.5. The van der Waals surface area contributed by atoms with E-state index in [1.165, 1.54) is 19.3 Å². The van der Waals surface area contributed by atoms with E-state index in [9.17, 15) is 9.59 Å². The van der Waals surface area contributed by atoms with Crippen molar-refractivity contribution < 1.29 is 9.59 Å². The maximum absolute atomic E-state index is 13.4. The Morgan fingerprint density at radius 3 is 2.37 bits per heavy atom. The van der Waals surface area contributed by atoms with Crippen LogP contribution in [0.5, 0.6) is 0 Å². The first-order valence-electron chi connectivity index (χ1n) is 11.1. The van der Waals surface area contributed by atoms with Crippen LogP contribution < -0.4 is 5.32 Å². The molecule has 0 aromatic heterocycles. The van der Waals surface area contributed by atoms with Crippen LogP contribution in [0.4, 0.5) is 0 Å². The summed E-state index contributed by atoms with van der Waals surface area (Å²) >= 11 is 5.98. The molecule has 5 heteroatoms. The number of nitrogens with one attached hydrogen (secondary N) is 1. The molecule has 1 atom stereocenters. The lowest BCUT2D eigenvalue weighted by Crippen LogP contribution is -2.44. The smallest absolute Gasteiger partial charge is 0.255 e. The summed E-state index contributed by atoms with van der Waals surface area (Å²) in [7, 11) is 0. The van der Waals surface area contributed by atoms with E-state index in [1.54, 1.807) is 4.90 Å². The first-order valence-corrected chi connectivity index (χ1v) is 11.5. The van der Waals surface area contributed by atoms with E-state index in [0.717, 1.165) is 36.8 Å². The van der Waals surface area contributed by atoms with E-state index >= 15 is 0 Å². The van der Waals surface area contributed by atoms with E-state index < -0.39 is 6.04 Å². The van der Waals surface area contributed by atoms with Gasteiger partial charge in [-0.05, 0) is 48.6 Å². The normalized spacial score (nSPS) is 19.8. The van der Waals surface area contributed by atoms with E-state index in [4.69, 9.17) is 11.6 Å². The van der Waals surface area contributed by atoms with Crippen molar-refractivity contribution in [2.75, 3.05) is 6.54 Å². The molecule has 0 spiro atoms. The summed E-state index contributed by atoms with van der Waals surface area (Å²) in [5, 5.41) is 3.97. The van der Waals surface area contributed by atoms with Gasteiger partial charge in [0.2, 0.25) is 5.91 Å². The molecule has 1 N–H and O–H groups in total. The third-order valence-electron chi connectivity index (χ3n) is 6.31. The molecule has 1 aliphatic heterocycles. The minimum atomic E-state index is -0.550. The molecule has 4 rings (SSSR count). The van der Waals surface area contributed by atoms with E-state index in [2.05, 4.69) is 5.32 Å². The summed E-state index contributed by atoms with van der Waals surface area (Å²) in [4.78, 5) is 28.2. The molecular weight excluding hydrogens is 396 g/mol. The number of nitrogens with zero attached hydrogens (tertiary/aromatic N) is 1. The average molecular weight is 425 g/mol. The number of carbonyl (C=O) groups is 2. The second-order valence-corrected chi connectivity index (χ2v) is 8.85. The van der Waals surface area contributed by atoms with E-state index in [-0.39, 0.29) is 17.9 Å². The van der Waals surface area contributed by atoms with Gasteiger partial charge in [0.05, 0.1) is 0 Å². The molecular formula is C25H29ClN2O2. The Balaban J connectivity index is 1.51. The van der Waals surface area contributed by atoms with Gasteiger partial charge in [-0.15, -0.1) is 0 Å². The fraction of sp³-hybridized carbons (Fsp3) is 0.440. The lowest BCUT2D eigenvalue weighted by atomic mass is 9.96. The van der Waals surface area contributed by atoms with Crippen LogP contribution in [0.15, 0.2) is 48.5 Å². The Labute approximate surface area is 183 Å². The monoisotopic (exact) mass is 424 g/mol. The molecule has 158 valence electrons. The predicted molar refractivity (Wildman–Crippen MR) is 120 cm³/mol. The van der Waals surface area contributed by atoms with Crippen molar-refractivity contribution in [2.45, 2.75) is 63.5 Å². The fourth-order valence-corrected chi connectivity index (χ4v) is 4.79. The lowest BCUT2D eigenvalue weighted by Gasteiger charge is -2.28. The number of rotatable bonds is 5. The molecule has 1 fully saturated rings. The highest BCUT2D eigenvalue weighted by Crippen LogP contribution is 2.34. The van der Waals surface area contributed by atoms with Crippen molar-refractivity contribution in [3.8, 4) is 0 Å². The fourth-order valence-electron chi connectivity index (χ4n) is 4.66. The molecule has 1 heterocycles. The number of halogens is 1. The van der Waals surface area contributed by atoms with Crippen molar-refractivity contribution in [3.63, 3.8) is 0 Å². The third-order valence-corrected chi connectivity index (χ3v) is 6.56. The number of carbonyl (C=O) groups excluding carboxylic acids is 2. The first-order chi connectivity index (χ1) is 14.6. The minimum Gasteiger partial charge on any atom is -0.351 e. The molecule has 4 nitrogen and oxygen atoms in total. The van der Waals surface area contributed by atoms with Crippen molar-refractivity contribution >= 4 is 23.4 Å². The van der Waals surface area contributed by atoms with Crippen molar-refractivity contribution in [1.82, 2.24) is 10.2 Å². The second kappa shape index (κ2) is 9.65. The van der Waals surface area contributed by atoms with Gasteiger partial charge >= 0.3 is 0 Å². The zero-order valence-electron chi connectivity index (χ0n) is 17.3. The van der Waals surface area contributed by atoms with Crippen molar-refractivity contribution in [3.05, 3.63) is 70.2 Å². The highest BCUT2D eigenvalue weighted by Gasteiger charge is 2.41. The summed E-state index contributed by atoms with van der Waals surface area (Å²) in [6.07, 6.45) is 8.83. The number of fused-ring (bicyclic) bond motifs is 1. The van der Waals surface area contributed by atoms with Crippen LogP contribution in [-0.2, 0) is 11.2 Å². The molecule has 1 aliphatic carbocycles. The van der Waals surface area contributed by atoms with Crippen LogP contribution >= 0.6 is 11.6 Å². The Hall–Kier alpha value is -2.33. The quantitative estimate of drug-likeness (QED) is 0.707. The number of hydrogen-bond acceptors (Lipinski definition) is 2. The molecule has 2 aromatic rings. The number of amides is 2. The minimum absolute atomic E-state index is 0.0463. The van der Waals surface area contributed by atoms with Crippen LogP contribution in [0.2, 0.25) is 5.02 Å². The van der Waals surface area contributed by atoms with E-state index in [1.807, 2.05) is 48.5 Å². The lowest BCUT2D eigenvalue weighted by molar-refractivity contribution is -0.126. The molecule has 0 radical (unpaired) electrons. The maximum Gasteiger partial charge on any atom is 0.255 e. The topological polar surface area (TPSA) is 49.4 Å². The summed E-state index contributed by atoms with van der Waals surface area (Å²) in [5.41, 5.74) is 2.57. The van der Waals surface area contributed by atoms with Crippen molar-refractivity contribution in [1.29, 1.82) is 0 Å². The first kappa shape index (κ1) is 20.9. The molecule has 2 aromatic carbocycles. The highest BCUT2D eigenvalue weighted by molar-refractivity contribution is 6.30. The van der Waals surface area contributed by atoms with Gasteiger partial charge in [0.1, 0.15) is 6.04 Å². The Morgan fingerprint density at radius 2 is 1.63 bits per heavy atom.